The minimum absolute atomic E-state index is 0.218. The number of likely N-dealkylation sites (tertiary alicyclic amines) is 1. The molecule has 5 rings (SSSR count). The molecule has 9 nitrogen and oxygen atoms in total. The number of amides is 1. The van der Waals surface area contributed by atoms with Crippen LogP contribution in [0.15, 0.2) is 23.5 Å². The summed E-state index contributed by atoms with van der Waals surface area (Å²) in [5.74, 6) is 2.59. The van der Waals surface area contributed by atoms with Gasteiger partial charge in [0.15, 0.2) is 0 Å². The third-order valence-electron chi connectivity index (χ3n) is 8.44. The number of halogens is 1. The number of hydrogen-bond acceptors (Lipinski definition) is 7. The molecule has 4 heterocycles. The Hall–Kier alpha value is -3.01. The molecule has 0 radical (unpaired) electrons. The number of rotatable bonds is 7. The van der Waals surface area contributed by atoms with Gasteiger partial charge in [0.05, 0.1) is 25.1 Å². The van der Waals surface area contributed by atoms with Gasteiger partial charge in [0.25, 0.3) is 0 Å². The lowest BCUT2D eigenvalue weighted by atomic mass is 9.72. The van der Waals surface area contributed by atoms with E-state index >= 15 is 0 Å². The Balaban J connectivity index is 1.28. The van der Waals surface area contributed by atoms with Crippen LogP contribution in [0.3, 0.4) is 0 Å². The number of hydrogen-bond donors (Lipinski definition) is 1. The van der Waals surface area contributed by atoms with Gasteiger partial charge < -0.3 is 15.0 Å². The van der Waals surface area contributed by atoms with E-state index in [0.717, 1.165) is 62.6 Å². The maximum Gasteiger partial charge on any atom is 0.236 e. The highest BCUT2D eigenvalue weighted by Crippen LogP contribution is 2.39. The van der Waals surface area contributed by atoms with Crippen LogP contribution in [-0.4, -0.2) is 82.3 Å². The van der Waals surface area contributed by atoms with E-state index in [9.17, 15) is 9.18 Å². The standard InChI is InChI=1S/C27H38FN7O2/c1-4-33(5-2)16-24(36)34-12-6-7-19(10-13-34)27(3)17-30-26(35-18-31-32-25(27)35)29-15-21-20-11-14-37-23(20)9-8-22(21)28/h8-9,18-19H,4-7,10-17H2,1-3H3,(H,29,30)/t19-,27?/m0/s1. The smallest absolute Gasteiger partial charge is 0.236 e. The molecule has 3 aliphatic rings. The normalized spacial score (nSPS) is 23.2. The average molecular weight is 512 g/mol. The molecule has 0 bridgehead atoms. The fraction of sp³-hybridized carbons (Fsp3) is 0.630. The number of aliphatic imine (C=N–C) groups is 1. The monoisotopic (exact) mass is 511 g/mol. The molecule has 1 N–H and O–H groups in total. The quantitative estimate of drug-likeness (QED) is 0.615. The minimum Gasteiger partial charge on any atom is -0.493 e. The van der Waals surface area contributed by atoms with Gasteiger partial charge in [-0.2, -0.15) is 0 Å². The molecular formula is C27H38FN7O2. The summed E-state index contributed by atoms with van der Waals surface area (Å²) in [5, 5.41) is 12.1. The molecule has 1 aromatic heterocycles. The molecule has 200 valence electrons. The lowest BCUT2D eigenvalue weighted by Crippen LogP contribution is -2.46. The fourth-order valence-corrected chi connectivity index (χ4v) is 6.01. The van der Waals surface area contributed by atoms with E-state index in [1.807, 2.05) is 9.47 Å². The number of carbonyl (C=O) groups is 1. The Bertz CT molecular complexity index is 1160. The summed E-state index contributed by atoms with van der Waals surface area (Å²) in [6.07, 6.45) is 5.28. The number of ether oxygens (including phenoxy) is 1. The average Bonchev–Trinajstić information content (AvgIpc) is 3.53. The second kappa shape index (κ2) is 10.8. The predicted octanol–water partition coefficient (Wildman–Crippen LogP) is 2.59. The number of fused-ring (bicyclic) bond motifs is 2. The number of carbonyl (C=O) groups excluding carboxylic acids is 1. The van der Waals surface area contributed by atoms with Crippen LogP contribution >= 0.6 is 0 Å². The number of nitrogens with one attached hydrogen (secondary N) is 1. The summed E-state index contributed by atoms with van der Waals surface area (Å²) in [6, 6.07) is 3.17. The van der Waals surface area contributed by atoms with Gasteiger partial charge in [-0.3, -0.25) is 19.3 Å². The Labute approximate surface area is 218 Å². The maximum atomic E-state index is 14.6. The van der Waals surface area contributed by atoms with Gasteiger partial charge in [0.2, 0.25) is 11.9 Å². The van der Waals surface area contributed by atoms with Crippen LogP contribution in [0, 0.1) is 11.7 Å². The summed E-state index contributed by atoms with van der Waals surface area (Å²) >= 11 is 0. The minimum atomic E-state index is -0.285. The van der Waals surface area contributed by atoms with E-state index in [1.165, 1.54) is 6.07 Å². The van der Waals surface area contributed by atoms with Gasteiger partial charge in [-0.25, -0.2) is 4.39 Å². The van der Waals surface area contributed by atoms with Crippen molar-refractivity contribution in [3.63, 3.8) is 0 Å². The molecule has 3 aliphatic heterocycles. The largest absolute Gasteiger partial charge is 0.493 e. The van der Waals surface area contributed by atoms with Crippen LogP contribution in [0.1, 0.15) is 57.0 Å². The van der Waals surface area contributed by atoms with Crippen LogP contribution in [-0.2, 0) is 23.2 Å². The lowest BCUT2D eigenvalue weighted by molar-refractivity contribution is -0.132. The SMILES string of the molecule is CCN(CC)CC(=O)N1CCC[C@H](C2(C)CN=C(NCc3c(F)ccc4c3CCO4)n3cnnc32)CC1. The topological polar surface area (TPSA) is 87.9 Å². The Kier molecular flexibility index (Phi) is 7.46. The first-order chi connectivity index (χ1) is 17.9. The summed E-state index contributed by atoms with van der Waals surface area (Å²) in [7, 11) is 0. The molecule has 1 unspecified atom stereocenters. The van der Waals surface area contributed by atoms with Crippen molar-refractivity contribution in [1.29, 1.82) is 0 Å². The molecule has 1 aromatic carbocycles. The maximum absolute atomic E-state index is 14.6. The van der Waals surface area contributed by atoms with E-state index in [0.29, 0.717) is 50.1 Å². The molecule has 0 aliphatic carbocycles. The van der Waals surface area contributed by atoms with E-state index < -0.39 is 0 Å². The third-order valence-corrected chi connectivity index (χ3v) is 8.44. The highest BCUT2D eigenvalue weighted by molar-refractivity contribution is 5.84. The zero-order valence-electron chi connectivity index (χ0n) is 22.2. The van der Waals surface area contributed by atoms with E-state index in [2.05, 4.69) is 41.2 Å². The molecule has 1 fully saturated rings. The first-order valence-corrected chi connectivity index (χ1v) is 13.6. The lowest BCUT2D eigenvalue weighted by Gasteiger charge is -2.38. The Morgan fingerprint density at radius 1 is 1.27 bits per heavy atom. The van der Waals surface area contributed by atoms with Crippen molar-refractivity contribution in [3.8, 4) is 5.75 Å². The zero-order valence-corrected chi connectivity index (χ0v) is 22.2. The number of aromatic nitrogens is 3. The van der Waals surface area contributed by atoms with Crippen molar-refractivity contribution in [2.24, 2.45) is 10.9 Å². The summed E-state index contributed by atoms with van der Waals surface area (Å²) in [6.45, 7) is 11.7. The highest BCUT2D eigenvalue weighted by atomic mass is 19.1. The van der Waals surface area contributed by atoms with Crippen LogP contribution < -0.4 is 10.1 Å². The van der Waals surface area contributed by atoms with Crippen molar-refractivity contribution < 1.29 is 13.9 Å². The van der Waals surface area contributed by atoms with Gasteiger partial charge in [-0.05, 0) is 50.4 Å². The van der Waals surface area contributed by atoms with Gasteiger partial charge in [0.1, 0.15) is 23.7 Å². The van der Waals surface area contributed by atoms with Gasteiger partial charge in [-0.1, -0.05) is 20.8 Å². The molecule has 1 saturated heterocycles. The number of benzene rings is 1. The van der Waals surface area contributed by atoms with E-state index in [1.54, 1.807) is 12.4 Å². The fourth-order valence-electron chi connectivity index (χ4n) is 6.01. The number of likely N-dealkylation sites (N-methyl/N-ethyl adjacent to an activating group) is 1. The van der Waals surface area contributed by atoms with Crippen molar-refractivity contribution in [2.45, 2.75) is 58.4 Å². The summed E-state index contributed by atoms with van der Waals surface area (Å²) in [4.78, 5) is 22.0. The molecule has 37 heavy (non-hydrogen) atoms. The predicted molar refractivity (Wildman–Crippen MR) is 139 cm³/mol. The molecule has 0 saturated carbocycles. The van der Waals surface area contributed by atoms with Crippen molar-refractivity contribution in [2.75, 3.05) is 45.9 Å². The molecule has 10 heteroatoms. The Morgan fingerprint density at radius 2 is 2.11 bits per heavy atom. The van der Waals surface area contributed by atoms with Crippen LogP contribution in [0.4, 0.5) is 4.39 Å². The van der Waals surface area contributed by atoms with Crippen molar-refractivity contribution >= 4 is 11.9 Å². The first kappa shape index (κ1) is 25.6. The molecule has 1 amide bonds. The van der Waals surface area contributed by atoms with Gasteiger partial charge in [-0.15, -0.1) is 10.2 Å². The Morgan fingerprint density at radius 3 is 2.92 bits per heavy atom. The van der Waals surface area contributed by atoms with Crippen LogP contribution in [0.5, 0.6) is 5.75 Å². The van der Waals surface area contributed by atoms with Crippen LogP contribution in [0.25, 0.3) is 0 Å². The first-order valence-electron chi connectivity index (χ1n) is 13.6. The van der Waals surface area contributed by atoms with E-state index in [-0.39, 0.29) is 17.1 Å². The molecule has 2 aromatic rings. The summed E-state index contributed by atoms with van der Waals surface area (Å²) < 4.78 is 22.2. The van der Waals surface area contributed by atoms with Crippen molar-refractivity contribution in [3.05, 3.63) is 41.2 Å². The number of nitrogens with zero attached hydrogens (tertiary/aromatic N) is 6. The second-order valence-corrected chi connectivity index (χ2v) is 10.5. The zero-order chi connectivity index (χ0) is 26.0. The highest BCUT2D eigenvalue weighted by Gasteiger charge is 2.43. The van der Waals surface area contributed by atoms with Crippen LogP contribution in [0.2, 0.25) is 0 Å². The molecule has 2 atom stereocenters. The summed E-state index contributed by atoms with van der Waals surface area (Å²) in [5.41, 5.74) is 1.27. The van der Waals surface area contributed by atoms with Gasteiger partial charge in [0, 0.05) is 37.2 Å². The van der Waals surface area contributed by atoms with E-state index in [4.69, 9.17) is 9.73 Å². The molecule has 0 spiro atoms. The van der Waals surface area contributed by atoms with Crippen molar-refractivity contribution in [1.82, 2.24) is 29.9 Å². The second-order valence-electron chi connectivity index (χ2n) is 10.5. The third kappa shape index (κ3) is 4.95. The van der Waals surface area contributed by atoms with Gasteiger partial charge >= 0.3 is 0 Å². The molecular weight excluding hydrogens is 473 g/mol.